The van der Waals surface area contributed by atoms with Crippen LogP contribution in [0.25, 0.3) is 0 Å². The third-order valence-electron chi connectivity index (χ3n) is 3.87. The Balaban J connectivity index is 1.62. The Morgan fingerprint density at radius 3 is 2.44 bits per heavy atom. The minimum absolute atomic E-state index is 0.357. The van der Waals surface area contributed by atoms with Crippen molar-refractivity contribution >= 4 is 7.05 Å². The summed E-state index contributed by atoms with van der Waals surface area (Å²) in [5.41, 5.74) is 0. The third-order valence-corrected chi connectivity index (χ3v) is 3.87. The number of nitrogens with one attached hydrogen (secondary N) is 2. The van der Waals surface area contributed by atoms with Crippen molar-refractivity contribution in [2.75, 3.05) is 13.1 Å². The van der Waals surface area contributed by atoms with Crippen molar-refractivity contribution in [3.63, 3.8) is 0 Å². The summed E-state index contributed by atoms with van der Waals surface area (Å²) in [7, 11) is -0.357. The second-order valence-corrected chi connectivity index (χ2v) is 5.67. The maximum absolute atomic E-state index is 9.21. The van der Waals surface area contributed by atoms with E-state index in [1.54, 1.807) is 6.82 Å². The molecule has 3 nitrogen and oxygen atoms in total. The molecule has 4 heteroatoms. The summed E-state index contributed by atoms with van der Waals surface area (Å²) in [6.45, 7) is 4.00. The van der Waals surface area contributed by atoms with Gasteiger partial charge in [-0.3, -0.25) is 0 Å². The summed E-state index contributed by atoms with van der Waals surface area (Å²) >= 11 is 0. The van der Waals surface area contributed by atoms with Gasteiger partial charge in [-0.1, -0.05) is 6.42 Å². The first-order valence-electron chi connectivity index (χ1n) is 6.89. The largest absolute Gasteiger partial charge is 0.437 e. The molecule has 2 rings (SSSR count). The van der Waals surface area contributed by atoms with Gasteiger partial charge in [-0.25, -0.2) is 0 Å². The van der Waals surface area contributed by atoms with Crippen LogP contribution in [0.3, 0.4) is 0 Å². The first-order valence-corrected chi connectivity index (χ1v) is 6.89. The van der Waals surface area contributed by atoms with Gasteiger partial charge < -0.3 is 15.6 Å². The van der Waals surface area contributed by atoms with Crippen molar-refractivity contribution in [2.24, 2.45) is 11.8 Å². The summed E-state index contributed by atoms with van der Waals surface area (Å²) < 4.78 is 0. The van der Waals surface area contributed by atoms with E-state index in [-0.39, 0.29) is 7.05 Å². The van der Waals surface area contributed by atoms with Crippen molar-refractivity contribution in [1.29, 1.82) is 0 Å². The number of hydrogen-bond donors (Lipinski definition) is 3. The zero-order valence-electron chi connectivity index (χ0n) is 10.4. The van der Waals surface area contributed by atoms with E-state index >= 15 is 0 Å². The molecule has 0 heterocycles. The molecule has 2 fully saturated rings. The average molecular weight is 224 g/mol. The van der Waals surface area contributed by atoms with E-state index in [1.165, 1.54) is 45.1 Å². The third kappa shape index (κ3) is 4.44. The number of rotatable bonds is 6. The summed E-state index contributed by atoms with van der Waals surface area (Å²) in [5, 5.41) is 16.0. The van der Waals surface area contributed by atoms with E-state index in [2.05, 4.69) is 10.5 Å². The smallest absolute Gasteiger partial charge is 0.373 e. The van der Waals surface area contributed by atoms with Gasteiger partial charge in [-0.2, -0.15) is 0 Å². The molecule has 3 N–H and O–H groups in total. The van der Waals surface area contributed by atoms with Gasteiger partial charge >= 0.3 is 7.05 Å². The molecule has 0 aromatic rings. The monoisotopic (exact) mass is 224 g/mol. The van der Waals surface area contributed by atoms with Gasteiger partial charge in [0.05, 0.1) is 0 Å². The lowest BCUT2D eigenvalue weighted by Gasteiger charge is -2.29. The minimum atomic E-state index is -0.357. The van der Waals surface area contributed by atoms with Crippen LogP contribution in [0.15, 0.2) is 0 Å². The molecule has 0 saturated heterocycles. The van der Waals surface area contributed by atoms with Crippen molar-refractivity contribution in [2.45, 2.75) is 51.4 Å². The van der Waals surface area contributed by atoms with E-state index in [4.69, 9.17) is 0 Å². The molecular formula is C12H25BN2O. The van der Waals surface area contributed by atoms with Crippen molar-refractivity contribution in [1.82, 2.24) is 10.5 Å². The van der Waals surface area contributed by atoms with Crippen molar-refractivity contribution in [3.05, 3.63) is 0 Å². The fourth-order valence-corrected chi connectivity index (χ4v) is 2.73. The number of hydrogen-bond acceptors (Lipinski definition) is 3. The van der Waals surface area contributed by atoms with Gasteiger partial charge in [0.25, 0.3) is 0 Å². The van der Waals surface area contributed by atoms with Gasteiger partial charge in [-0.15, -0.1) is 0 Å². The quantitative estimate of drug-likeness (QED) is 0.595. The van der Waals surface area contributed by atoms with Crippen molar-refractivity contribution in [3.8, 4) is 0 Å². The van der Waals surface area contributed by atoms with Crippen LogP contribution in [0, 0.1) is 11.8 Å². The Labute approximate surface area is 99.5 Å². The second kappa shape index (κ2) is 6.03. The molecule has 0 bridgehead atoms. The Bertz CT molecular complexity index is 197. The molecule has 0 spiro atoms. The summed E-state index contributed by atoms with van der Waals surface area (Å²) in [6, 6.07) is 0.843. The highest BCUT2D eigenvalue weighted by molar-refractivity contribution is 6.45. The zero-order chi connectivity index (χ0) is 11.4. The van der Waals surface area contributed by atoms with Gasteiger partial charge in [-0.05, 0) is 63.9 Å². The lowest BCUT2D eigenvalue weighted by atomic mass is 9.79. The van der Waals surface area contributed by atoms with Crippen LogP contribution < -0.4 is 10.5 Å². The van der Waals surface area contributed by atoms with Gasteiger partial charge in [0.1, 0.15) is 0 Å². The van der Waals surface area contributed by atoms with Crippen molar-refractivity contribution < 1.29 is 5.02 Å². The maximum Gasteiger partial charge on any atom is 0.373 e. The van der Waals surface area contributed by atoms with Crippen LogP contribution in [0.1, 0.15) is 38.5 Å². The van der Waals surface area contributed by atoms with Gasteiger partial charge in [0.2, 0.25) is 0 Å². The summed E-state index contributed by atoms with van der Waals surface area (Å²) in [6.07, 6.45) is 8.20. The molecule has 16 heavy (non-hydrogen) atoms. The first-order chi connectivity index (χ1) is 7.74. The molecule has 0 unspecified atom stereocenters. The van der Waals surface area contributed by atoms with E-state index in [1.807, 2.05) is 0 Å². The summed E-state index contributed by atoms with van der Waals surface area (Å²) in [5.74, 6) is 1.64. The molecule has 92 valence electrons. The standard InChI is InChI=1S/C12H25BN2O/c1-13(16)15-9-11-4-2-3-10(7-11)8-14-12-5-6-12/h10-12,14-16H,2-9H2,1H3/t10-,11+/m1/s1. The van der Waals surface area contributed by atoms with Gasteiger partial charge in [0.15, 0.2) is 0 Å². The SMILES string of the molecule is CB(O)NC[C@H]1CCC[C@@H](CNC2CC2)C1. The maximum atomic E-state index is 9.21. The second-order valence-electron chi connectivity index (χ2n) is 5.67. The van der Waals surface area contributed by atoms with E-state index in [0.717, 1.165) is 24.4 Å². The Hall–Kier alpha value is -0.0551. The summed E-state index contributed by atoms with van der Waals surface area (Å²) in [4.78, 5) is 0. The predicted molar refractivity (Wildman–Crippen MR) is 68.3 cm³/mol. The molecule has 0 aromatic heterocycles. The van der Waals surface area contributed by atoms with Crippen LogP contribution in [-0.4, -0.2) is 31.2 Å². The molecule has 0 aliphatic heterocycles. The van der Waals surface area contributed by atoms with E-state index in [0.29, 0.717) is 0 Å². The molecule has 2 aliphatic carbocycles. The highest BCUT2D eigenvalue weighted by atomic mass is 16.2. The normalized spacial score (nSPS) is 30.4. The Morgan fingerprint density at radius 2 is 1.81 bits per heavy atom. The zero-order valence-corrected chi connectivity index (χ0v) is 10.4. The van der Waals surface area contributed by atoms with Crippen LogP contribution >= 0.6 is 0 Å². The van der Waals surface area contributed by atoms with E-state index in [9.17, 15) is 5.02 Å². The first kappa shape index (κ1) is 12.4. The minimum Gasteiger partial charge on any atom is -0.437 e. The highest BCUT2D eigenvalue weighted by Gasteiger charge is 2.25. The molecule has 0 aromatic carbocycles. The molecular weight excluding hydrogens is 199 g/mol. The Kier molecular flexibility index (Phi) is 4.68. The lowest BCUT2D eigenvalue weighted by molar-refractivity contribution is 0.258. The van der Waals surface area contributed by atoms with Gasteiger partial charge in [0, 0.05) is 6.04 Å². The predicted octanol–water partition coefficient (Wildman–Crippen LogP) is 1.24. The molecule has 2 atom stereocenters. The average Bonchev–Trinajstić information content (AvgIpc) is 3.08. The fraction of sp³-hybridized carbons (Fsp3) is 1.00. The molecule has 0 radical (unpaired) electrons. The fourth-order valence-electron chi connectivity index (χ4n) is 2.73. The van der Waals surface area contributed by atoms with Crippen LogP contribution in [0.5, 0.6) is 0 Å². The highest BCUT2D eigenvalue weighted by Crippen LogP contribution is 2.29. The Morgan fingerprint density at radius 1 is 1.12 bits per heavy atom. The van der Waals surface area contributed by atoms with Crippen LogP contribution in [-0.2, 0) is 0 Å². The van der Waals surface area contributed by atoms with Crippen LogP contribution in [0.2, 0.25) is 6.82 Å². The molecule has 2 saturated carbocycles. The van der Waals surface area contributed by atoms with E-state index < -0.39 is 0 Å². The van der Waals surface area contributed by atoms with Crippen LogP contribution in [0.4, 0.5) is 0 Å². The topological polar surface area (TPSA) is 44.3 Å². The molecule has 0 amide bonds. The molecule has 2 aliphatic rings. The lowest BCUT2D eigenvalue weighted by Crippen LogP contribution is -2.37.